The molecule has 0 unspecified atom stereocenters. The monoisotopic (exact) mass is 221 g/mol. The summed E-state index contributed by atoms with van der Waals surface area (Å²) in [6.07, 6.45) is 0.0314. The second-order valence-corrected chi connectivity index (χ2v) is 2.96. The number of carbonyl (C=O) groups is 3. The molecule has 7 heteroatoms. The van der Waals surface area contributed by atoms with Gasteiger partial charge >= 0.3 is 11.9 Å². The molecule has 0 spiro atoms. The molecular weight excluding hydrogens is 210 g/mol. The molecule has 0 aromatic rings. The lowest BCUT2D eigenvalue weighted by Crippen LogP contribution is -2.39. The number of amides is 1. The van der Waals surface area contributed by atoms with Crippen molar-refractivity contribution in [2.45, 2.75) is 6.42 Å². The molecule has 2 N–H and O–H groups in total. The second-order valence-electron chi connectivity index (χ2n) is 2.51. The highest BCUT2D eigenvalue weighted by Crippen LogP contribution is 1.96. The summed E-state index contributed by atoms with van der Waals surface area (Å²) in [5, 5.41) is 16.8. The highest BCUT2D eigenvalue weighted by Gasteiger charge is 2.18. The first kappa shape index (κ1) is 12.8. The molecule has 0 rings (SSSR count). The van der Waals surface area contributed by atoms with Crippen LogP contribution in [-0.4, -0.2) is 51.8 Å². The van der Waals surface area contributed by atoms with Crippen LogP contribution >= 0.6 is 12.6 Å². The summed E-state index contributed by atoms with van der Waals surface area (Å²) in [6.45, 7) is -1.20. The molecule has 0 fully saturated rings. The van der Waals surface area contributed by atoms with Crippen LogP contribution < -0.4 is 0 Å². The van der Waals surface area contributed by atoms with E-state index in [2.05, 4.69) is 12.6 Å². The Bertz CT molecular complexity index is 226. The van der Waals surface area contributed by atoms with Crippen molar-refractivity contribution in [1.82, 2.24) is 4.90 Å². The van der Waals surface area contributed by atoms with Crippen molar-refractivity contribution < 1.29 is 24.6 Å². The Hall–Kier alpha value is -1.24. The summed E-state index contributed by atoms with van der Waals surface area (Å²) >= 11 is 3.79. The van der Waals surface area contributed by atoms with E-state index in [1.165, 1.54) is 0 Å². The quantitative estimate of drug-likeness (QED) is 0.516. The van der Waals surface area contributed by atoms with E-state index in [-0.39, 0.29) is 12.2 Å². The fourth-order valence-electron chi connectivity index (χ4n) is 0.813. The number of carbonyl (C=O) groups excluding carboxylic acids is 1. The van der Waals surface area contributed by atoms with Gasteiger partial charge in [0.05, 0.1) is 0 Å². The maximum Gasteiger partial charge on any atom is 0.323 e. The normalized spacial score (nSPS) is 9.50. The number of rotatable bonds is 6. The lowest BCUT2D eigenvalue weighted by atomic mass is 10.3. The first-order valence-corrected chi connectivity index (χ1v) is 4.42. The highest BCUT2D eigenvalue weighted by molar-refractivity contribution is 7.80. The Morgan fingerprint density at radius 3 is 1.79 bits per heavy atom. The van der Waals surface area contributed by atoms with Gasteiger partial charge in [0.25, 0.3) is 0 Å². The Kier molecular flexibility index (Phi) is 5.70. The van der Waals surface area contributed by atoms with Crippen LogP contribution in [0.5, 0.6) is 0 Å². The van der Waals surface area contributed by atoms with Crippen LogP contribution in [0.3, 0.4) is 0 Å². The number of carboxylic acids is 2. The summed E-state index contributed by atoms with van der Waals surface area (Å²) in [6, 6.07) is 0. The fourth-order valence-corrected chi connectivity index (χ4v) is 1.00. The molecule has 0 saturated carbocycles. The average molecular weight is 221 g/mol. The Balaban J connectivity index is 4.29. The molecule has 14 heavy (non-hydrogen) atoms. The van der Waals surface area contributed by atoms with E-state index >= 15 is 0 Å². The van der Waals surface area contributed by atoms with Crippen LogP contribution in [0.4, 0.5) is 0 Å². The third-order valence-electron chi connectivity index (χ3n) is 1.33. The summed E-state index contributed by atoms with van der Waals surface area (Å²) in [5.74, 6) is -2.74. The van der Waals surface area contributed by atoms with Crippen molar-refractivity contribution in [3.05, 3.63) is 0 Å². The Morgan fingerprint density at radius 1 is 1.07 bits per heavy atom. The van der Waals surface area contributed by atoms with Crippen LogP contribution in [0.2, 0.25) is 0 Å². The van der Waals surface area contributed by atoms with Crippen LogP contribution in [-0.2, 0) is 14.4 Å². The zero-order valence-corrected chi connectivity index (χ0v) is 8.24. The standard InChI is InChI=1S/C7H11NO5S/c9-5(1-2-14)8(3-6(10)11)4-7(12)13/h14H,1-4H2,(H,10,11)(H,12,13). The topological polar surface area (TPSA) is 94.9 Å². The molecule has 0 atom stereocenters. The van der Waals surface area contributed by atoms with Crippen molar-refractivity contribution in [2.75, 3.05) is 18.8 Å². The van der Waals surface area contributed by atoms with Crippen molar-refractivity contribution in [2.24, 2.45) is 0 Å². The van der Waals surface area contributed by atoms with Gasteiger partial charge in [-0.25, -0.2) is 0 Å². The van der Waals surface area contributed by atoms with Crippen molar-refractivity contribution in [3.63, 3.8) is 0 Å². The molecule has 0 bridgehead atoms. The number of aliphatic carboxylic acids is 2. The third kappa shape index (κ3) is 5.41. The van der Waals surface area contributed by atoms with Gasteiger partial charge < -0.3 is 15.1 Å². The molecule has 1 amide bonds. The van der Waals surface area contributed by atoms with Gasteiger partial charge in [0.15, 0.2) is 0 Å². The Morgan fingerprint density at radius 2 is 1.50 bits per heavy atom. The minimum atomic E-state index is -1.24. The van der Waals surface area contributed by atoms with Crippen LogP contribution in [0.1, 0.15) is 6.42 Å². The molecule has 0 saturated heterocycles. The minimum Gasteiger partial charge on any atom is -0.480 e. The maximum absolute atomic E-state index is 11.2. The van der Waals surface area contributed by atoms with Crippen LogP contribution in [0, 0.1) is 0 Å². The van der Waals surface area contributed by atoms with Gasteiger partial charge in [-0.05, 0) is 5.75 Å². The van der Waals surface area contributed by atoms with E-state index in [1.54, 1.807) is 0 Å². The van der Waals surface area contributed by atoms with Gasteiger partial charge in [0, 0.05) is 6.42 Å². The van der Waals surface area contributed by atoms with E-state index in [9.17, 15) is 14.4 Å². The number of hydrogen-bond acceptors (Lipinski definition) is 4. The second kappa shape index (κ2) is 6.25. The smallest absolute Gasteiger partial charge is 0.323 e. The van der Waals surface area contributed by atoms with Gasteiger partial charge in [-0.15, -0.1) is 0 Å². The van der Waals surface area contributed by atoms with Gasteiger partial charge in [-0.2, -0.15) is 12.6 Å². The molecule has 80 valence electrons. The molecule has 0 radical (unpaired) electrons. The number of carboxylic acid groups (broad SMARTS) is 2. The molecule has 0 aromatic heterocycles. The molecule has 0 aliphatic heterocycles. The molecule has 0 aromatic carbocycles. The predicted molar refractivity (Wildman–Crippen MR) is 50.3 cm³/mol. The van der Waals surface area contributed by atoms with Crippen LogP contribution in [0.15, 0.2) is 0 Å². The summed E-state index contributed by atoms with van der Waals surface area (Å²) < 4.78 is 0. The van der Waals surface area contributed by atoms with Crippen molar-refractivity contribution in [1.29, 1.82) is 0 Å². The van der Waals surface area contributed by atoms with Crippen molar-refractivity contribution >= 4 is 30.5 Å². The van der Waals surface area contributed by atoms with E-state index in [0.29, 0.717) is 0 Å². The fraction of sp³-hybridized carbons (Fsp3) is 0.571. The summed E-state index contributed by atoms with van der Waals surface area (Å²) in [5.41, 5.74) is 0. The van der Waals surface area contributed by atoms with E-state index in [1.807, 2.05) is 0 Å². The number of thiol groups is 1. The molecule has 0 aliphatic rings. The molecular formula is C7H11NO5S. The summed E-state index contributed by atoms with van der Waals surface area (Å²) in [4.78, 5) is 32.5. The van der Waals surface area contributed by atoms with Crippen LogP contribution in [0.25, 0.3) is 0 Å². The third-order valence-corrected chi connectivity index (χ3v) is 1.55. The van der Waals surface area contributed by atoms with Gasteiger partial charge in [0.2, 0.25) is 5.91 Å². The first-order valence-electron chi connectivity index (χ1n) is 3.79. The van der Waals surface area contributed by atoms with Gasteiger partial charge in [0.1, 0.15) is 13.1 Å². The first-order chi connectivity index (χ1) is 6.47. The van der Waals surface area contributed by atoms with Gasteiger partial charge in [-0.3, -0.25) is 14.4 Å². The zero-order chi connectivity index (χ0) is 11.1. The number of nitrogens with zero attached hydrogens (tertiary/aromatic N) is 1. The minimum absolute atomic E-state index is 0.0314. The lowest BCUT2D eigenvalue weighted by Gasteiger charge is -2.17. The van der Waals surface area contributed by atoms with E-state index in [0.717, 1.165) is 4.90 Å². The molecule has 0 aliphatic carbocycles. The average Bonchev–Trinajstić information content (AvgIpc) is 2.01. The SMILES string of the molecule is O=C(O)CN(CC(=O)O)C(=O)CCS. The zero-order valence-electron chi connectivity index (χ0n) is 7.34. The van der Waals surface area contributed by atoms with Gasteiger partial charge in [-0.1, -0.05) is 0 Å². The number of hydrogen-bond donors (Lipinski definition) is 3. The molecule has 0 heterocycles. The van der Waals surface area contributed by atoms with Crippen molar-refractivity contribution in [3.8, 4) is 0 Å². The lowest BCUT2D eigenvalue weighted by molar-refractivity contribution is -0.149. The van der Waals surface area contributed by atoms with E-state index in [4.69, 9.17) is 10.2 Å². The maximum atomic E-state index is 11.2. The molecule has 6 nitrogen and oxygen atoms in total. The highest BCUT2D eigenvalue weighted by atomic mass is 32.1. The largest absolute Gasteiger partial charge is 0.480 e. The Labute approximate surface area is 85.9 Å². The predicted octanol–water partition coefficient (Wildman–Crippen LogP) is -0.696. The summed E-state index contributed by atoms with van der Waals surface area (Å²) in [7, 11) is 0. The van der Waals surface area contributed by atoms with E-state index < -0.39 is 30.9 Å².